The van der Waals surface area contributed by atoms with E-state index in [2.05, 4.69) is 21.2 Å². The Hall–Kier alpha value is -1.21. The van der Waals surface area contributed by atoms with Crippen molar-refractivity contribution in [3.05, 3.63) is 20.8 Å². The van der Waals surface area contributed by atoms with Crippen molar-refractivity contribution in [1.82, 2.24) is 10.2 Å². The van der Waals surface area contributed by atoms with Crippen LogP contribution in [-0.4, -0.2) is 34.7 Å². The molecule has 5 nitrogen and oxygen atoms in total. The molecule has 1 N–H and O–H groups in total. The van der Waals surface area contributed by atoms with E-state index < -0.39 is 11.6 Å². The number of ketones is 1. The van der Waals surface area contributed by atoms with Gasteiger partial charge in [-0.15, -0.1) is 11.3 Å². The molecule has 0 spiro atoms. The number of halogens is 1. The van der Waals surface area contributed by atoms with Gasteiger partial charge < -0.3 is 5.32 Å². The average Bonchev–Trinajstić information content (AvgIpc) is 2.86. The second-order valence-corrected chi connectivity index (χ2v) is 7.54. The fourth-order valence-electron chi connectivity index (χ4n) is 2.55. The minimum absolute atomic E-state index is 0.225. The Morgan fingerprint density at radius 1 is 1.48 bits per heavy atom. The van der Waals surface area contributed by atoms with Crippen LogP contribution in [0.5, 0.6) is 0 Å². The number of nitrogens with zero attached hydrogens (tertiary/aromatic N) is 1. The summed E-state index contributed by atoms with van der Waals surface area (Å²) >= 11 is 4.58. The predicted octanol–water partition coefficient (Wildman–Crippen LogP) is 3.05. The fraction of sp³-hybridized carbons (Fsp3) is 0.500. The van der Waals surface area contributed by atoms with Crippen LogP contribution in [0.1, 0.15) is 36.9 Å². The number of hydrogen-bond acceptors (Lipinski definition) is 4. The summed E-state index contributed by atoms with van der Waals surface area (Å²) in [5, 5.41) is 4.49. The van der Waals surface area contributed by atoms with Crippen LogP contribution in [0.3, 0.4) is 0 Å². The van der Waals surface area contributed by atoms with E-state index in [1.165, 1.54) is 11.3 Å². The molecule has 1 fully saturated rings. The Labute approximate surface area is 135 Å². The number of thiophene rings is 1. The number of rotatable bonds is 5. The largest absolute Gasteiger partial charge is 0.325 e. The molecule has 2 heterocycles. The van der Waals surface area contributed by atoms with Gasteiger partial charge in [0.15, 0.2) is 5.78 Å². The number of carbonyl (C=O) groups excluding carboxylic acids is 3. The van der Waals surface area contributed by atoms with E-state index in [0.717, 1.165) is 4.90 Å². The smallest absolute Gasteiger partial charge is 0.323 e. The van der Waals surface area contributed by atoms with Crippen molar-refractivity contribution in [2.24, 2.45) is 5.92 Å². The van der Waals surface area contributed by atoms with Gasteiger partial charge in [0.25, 0.3) is 5.91 Å². The number of Topliss-reactive ketones (excluding diaryl/α,β-unsaturated/α-hetero) is 1. The zero-order valence-electron chi connectivity index (χ0n) is 12.1. The monoisotopic (exact) mass is 372 g/mol. The Bertz CT molecular complexity index is 599. The Morgan fingerprint density at radius 3 is 2.67 bits per heavy atom. The van der Waals surface area contributed by atoms with Crippen LogP contribution in [-0.2, 0) is 4.79 Å². The summed E-state index contributed by atoms with van der Waals surface area (Å²) in [5.74, 6) is -0.308. The Balaban J connectivity index is 2.14. The van der Waals surface area contributed by atoms with E-state index in [0.29, 0.717) is 15.8 Å². The highest BCUT2D eigenvalue weighted by Crippen LogP contribution is 2.27. The molecule has 21 heavy (non-hydrogen) atoms. The van der Waals surface area contributed by atoms with Gasteiger partial charge in [-0.2, -0.15) is 0 Å². The lowest BCUT2D eigenvalue weighted by molar-refractivity contribution is -0.131. The van der Waals surface area contributed by atoms with E-state index >= 15 is 0 Å². The summed E-state index contributed by atoms with van der Waals surface area (Å²) in [4.78, 5) is 38.2. The van der Waals surface area contributed by atoms with Crippen LogP contribution in [0, 0.1) is 5.92 Å². The summed E-state index contributed by atoms with van der Waals surface area (Å²) < 4.78 is 0.689. The third-order valence-corrected chi connectivity index (χ3v) is 5.21. The van der Waals surface area contributed by atoms with Crippen LogP contribution < -0.4 is 5.32 Å². The maximum atomic E-state index is 12.4. The molecule has 0 bridgehead atoms. The van der Waals surface area contributed by atoms with Gasteiger partial charge in [0.2, 0.25) is 0 Å². The average molecular weight is 373 g/mol. The zero-order valence-corrected chi connectivity index (χ0v) is 14.5. The van der Waals surface area contributed by atoms with Crippen LogP contribution in [0.2, 0.25) is 0 Å². The third-order valence-electron chi connectivity index (χ3n) is 3.33. The van der Waals surface area contributed by atoms with Crippen LogP contribution in [0.15, 0.2) is 15.9 Å². The number of carbonyl (C=O) groups is 3. The summed E-state index contributed by atoms with van der Waals surface area (Å²) in [6.45, 7) is 5.46. The van der Waals surface area contributed by atoms with Crippen LogP contribution >= 0.6 is 27.3 Å². The van der Waals surface area contributed by atoms with E-state index in [1.807, 2.05) is 13.8 Å². The minimum Gasteiger partial charge on any atom is -0.323 e. The number of imide groups is 1. The SMILES string of the molecule is CC(C)C[C@@]1(C)NC(=O)N(CC(=O)c2sccc2Br)C1=O. The molecule has 1 aromatic heterocycles. The van der Waals surface area contributed by atoms with Gasteiger partial charge in [0.1, 0.15) is 5.54 Å². The highest BCUT2D eigenvalue weighted by atomic mass is 79.9. The van der Waals surface area contributed by atoms with E-state index in [4.69, 9.17) is 0 Å². The van der Waals surface area contributed by atoms with Crippen molar-refractivity contribution in [2.45, 2.75) is 32.7 Å². The zero-order chi connectivity index (χ0) is 15.8. The molecule has 3 amide bonds. The topological polar surface area (TPSA) is 66.5 Å². The van der Waals surface area contributed by atoms with Crippen LogP contribution in [0.4, 0.5) is 4.79 Å². The number of nitrogens with one attached hydrogen (secondary N) is 1. The molecule has 0 aliphatic carbocycles. The van der Waals surface area contributed by atoms with Crippen molar-refractivity contribution in [2.75, 3.05) is 6.54 Å². The predicted molar refractivity (Wildman–Crippen MR) is 84.5 cm³/mol. The molecule has 0 aromatic carbocycles. The maximum absolute atomic E-state index is 12.4. The molecular weight excluding hydrogens is 356 g/mol. The number of urea groups is 1. The van der Waals surface area contributed by atoms with Crippen molar-refractivity contribution < 1.29 is 14.4 Å². The molecule has 1 atom stereocenters. The molecule has 0 saturated carbocycles. The lowest BCUT2D eigenvalue weighted by Gasteiger charge is -2.23. The first-order valence-electron chi connectivity index (χ1n) is 6.65. The second kappa shape index (κ2) is 5.88. The quantitative estimate of drug-likeness (QED) is 0.637. The number of amides is 3. The molecule has 0 unspecified atom stereocenters. The number of hydrogen-bond donors (Lipinski definition) is 1. The fourth-order valence-corrected chi connectivity index (χ4v) is 4.08. The molecule has 2 rings (SSSR count). The van der Waals surface area contributed by atoms with E-state index in [9.17, 15) is 14.4 Å². The first-order valence-corrected chi connectivity index (χ1v) is 8.32. The summed E-state index contributed by atoms with van der Waals surface area (Å²) in [5.41, 5.74) is -0.918. The first-order chi connectivity index (χ1) is 9.74. The van der Waals surface area contributed by atoms with E-state index in [-0.39, 0.29) is 24.2 Å². The molecule has 114 valence electrons. The summed E-state index contributed by atoms with van der Waals surface area (Å²) in [7, 11) is 0. The maximum Gasteiger partial charge on any atom is 0.325 e. The lowest BCUT2D eigenvalue weighted by atomic mass is 9.91. The van der Waals surface area contributed by atoms with Gasteiger partial charge in [-0.1, -0.05) is 13.8 Å². The molecule has 1 aliphatic heterocycles. The van der Waals surface area contributed by atoms with Crippen molar-refractivity contribution in [3.8, 4) is 0 Å². The van der Waals surface area contributed by atoms with Crippen molar-refractivity contribution in [3.63, 3.8) is 0 Å². The molecule has 1 aromatic rings. The standard InChI is InChI=1S/C14H17BrN2O3S/c1-8(2)6-14(3)12(19)17(13(20)16-14)7-10(18)11-9(15)4-5-21-11/h4-5,8H,6-7H2,1-3H3,(H,16,20)/t14-/m1/s1. The Kier molecular flexibility index (Phi) is 4.53. The van der Waals surface area contributed by atoms with Gasteiger partial charge in [-0.3, -0.25) is 14.5 Å². The van der Waals surface area contributed by atoms with Crippen molar-refractivity contribution >= 4 is 45.0 Å². The normalized spacial score (nSPS) is 22.0. The lowest BCUT2D eigenvalue weighted by Crippen LogP contribution is -2.45. The van der Waals surface area contributed by atoms with Gasteiger partial charge in [0, 0.05) is 4.47 Å². The molecule has 1 saturated heterocycles. The summed E-state index contributed by atoms with van der Waals surface area (Å²) in [6.07, 6.45) is 0.547. The van der Waals surface area contributed by atoms with Gasteiger partial charge in [-0.05, 0) is 46.6 Å². The Morgan fingerprint density at radius 2 is 2.14 bits per heavy atom. The van der Waals surface area contributed by atoms with Gasteiger partial charge in [0.05, 0.1) is 11.4 Å². The molecule has 1 aliphatic rings. The van der Waals surface area contributed by atoms with Gasteiger partial charge >= 0.3 is 6.03 Å². The highest BCUT2D eigenvalue weighted by molar-refractivity contribution is 9.10. The molecular formula is C14H17BrN2O3S. The third kappa shape index (κ3) is 3.18. The minimum atomic E-state index is -0.918. The molecule has 0 radical (unpaired) electrons. The van der Waals surface area contributed by atoms with Gasteiger partial charge in [-0.25, -0.2) is 4.79 Å². The molecule has 7 heteroatoms. The van der Waals surface area contributed by atoms with Crippen molar-refractivity contribution in [1.29, 1.82) is 0 Å². The second-order valence-electron chi connectivity index (χ2n) is 5.77. The van der Waals surface area contributed by atoms with Crippen LogP contribution in [0.25, 0.3) is 0 Å². The first kappa shape index (κ1) is 16.2. The van der Waals surface area contributed by atoms with E-state index in [1.54, 1.807) is 18.4 Å². The summed E-state index contributed by atoms with van der Waals surface area (Å²) in [6, 6.07) is 1.27. The highest BCUT2D eigenvalue weighted by Gasteiger charge is 2.48.